The second kappa shape index (κ2) is 4.60. The molecule has 1 aromatic heterocycles. The van der Waals surface area contributed by atoms with Gasteiger partial charge in [-0.25, -0.2) is 4.39 Å². The summed E-state index contributed by atoms with van der Waals surface area (Å²) in [5.74, 6) is -0.189. The number of hydrogen-bond acceptors (Lipinski definition) is 4. The second-order valence-corrected chi connectivity index (χ2v) is 4.43. The molecule has 4 nitrogen and oxygen atoms in total. The van der Waals surface area contributed by atoms with Crippen LogP contribution in [0, 0.1) is 5.82 Å². The van der Waals surface area contributed by atoms with Crippen molar-refractivity contribution >= 4 is 0 Å². The molecule has 0 radical (unpaired) electrons. The number of nitrogens with zero attached hydrogens (tertiary/aromatic N) is 1. The maximum atomic E-state index is 12.9. The zero-order chi connectivity index (χ0) is 13.4. The minimum Gasteiger partial charge on any atom is -0.506 e. The van der Waals surface area contributed by atoms with Crippen LogP contribution in [0.3, 0.4) is 0 Å². The topological polar surface area (TPSA) is 68.4 Å². The molecule has 1 aliphatic rings. The van der Waals surface area contributed by atoms with Crippen molar-refractivity contribution in [2.45, 2.75) is 19.3 Å². The van der Waals surface area contributed by atoms with E-state index in [1.165, 1.54) is 12.1 Å². The highest BCUT2D eigenvalue weighted by atomic mass is 19.1. The standard InChI is InChI=1S/C14H13FN2O2/c15-9-3-1-8(2-4-9)14-10-6-17-12(5-16)13(18)11(10)7-19-14/h1-4,6,14,18H,5,7,16H2. The Morgan fingerprint density at radius 2 is 2.11 bits per heavy atom. The predicted molar refractivity (Wildman–Crippen MR) is 66.8 cm³/mol. The third-order valence-electron chi connectivity index (χ3n) is 3.31. The molecule has 1 aliphatic heterocycles. The molecule has 0 saturated heterocycles. The Kier molecular flexibility index (Phi) is 2.93. The molecular weight excluding hydrogens is 247 g/mol. The van der Waals surface area contributed by atoms with Gasteiger partial charge in [0.1, 0.15) is 17.7 Å². The summed E-state index contributed by atoms with van der Waals surface area (Å²) in [6, 6.07) is 6.11. The van der Waals surface area contributed by atoms with Crippen LogP contribution >= 0.6 is 0 Å². The molecule has 0 aliphatic carbocycles. The fourth-order valence-electron chi connectivity index (χ4n) is 2.29. The Morgan fingerprint density at radius 3 is 2.79 bits per heavy atom. The van der Waals surface area contributed by atoms with Gasteiger partial charge in [0, 0.05) is 23.9 Å². The number of halogens is 1. The van der Waals surface area contributed by atoms with Crippen molar-refractivity contribution in [1.82, 2.24) is 4.98 Å². The van der Waals surface area contributed by atoms with E-state index in [0.29, 0.717) is 17.9 Å². The van der Waals surface area contributed by atoms with Crippen LogP contribution in [0.5, 0.6) is 5.75 Å². The average molecular weight is 260 g/mol. The molecule has 1 unspecified atom stereocenters. The van der Waals surface area contributed by atoms with Gasteiger partial charge < -0.3 is 15.6 Å². The number of nitrogens with two attached hydrogens (primary N) is 1. The molecule has 0 spiro atoms. The molecule has 0 amide bonds. The lowest BCUT2D eigenvalue weighted by Gasteiger charge is -2.12. The van der Waals surface area contributed by atoms with Gasteiger partial charge in [0.25, 0.3) is 0 Å². The highest BCUT2D eigenvalue weighted by Gasteiger charge is 2.28. The van der Waals surface area contributed by atoms with E-state index in [4.69, 9.17) is 10.5 Å². The second-order valence-electron chi connectivity index (χ2n) is 4.43. The van der Waals surface area contributed by atoms with E-state index >= 15 is 0 Å². The first kappa shape index (κ1) is 12.1. The monoisotopic (exact) mass is 260 g/mol. The number of pyridine rings is 1. The summed E-state index contributed by atoms with van der Waals surface area (Å²) in [5.41, 5.74) is 8.32. The molecule has 3 rings (SSSR count). The van der Waals surface area contributed by atoms with Gasteiger partial charge in [0.05, 0.1) is 12.3 Å². The van der Waals surface area contributed by atoms with Gasteiger partial charge in [-0.1, -0.05) is 12.1 Å². The van der Waals surface area contributed by atoms with Crippen molar-refractivity contribution in [3.63, 3.8) is 0 Å². The number of benzene rings is 1. The molecule has 0 bridgehead atoms. The van der Waals surface area contributed by atoms with Crippen LogP contribution in [0.4, 0.5) is 4.39 Å². The first-order valence-corrected chi connectivity index (χ1v) is 5.97. The molecule has 0 saturated carbocycles. The van der Waals surface area contributed by atoms with E-state index in [0.717, 1.165) is 11.1 Å². The molecule has 5 heteroatoms. The molecule has 2 heterocycles. The van der Waals surface area contributed by atoms with Crippen molar-refractivity contribution < 1.29 is 14.2 Å². The van der Waals surface area contributed by atoms with E-state index in [1.807, 2.05) is 0 Å². The van der Waals surface area contributed by atoms with E-state index in [2.05, 4.69) is 4.98 Å². The van der Waals surface area contributed by atoms with Crippen LogP contribution in [0.2, 0.25) is 0 Å². The lowest BCUT2D eigenvalue weighted by atomic mass is 10.00. The highest BCUT2D eigenvalue weighted by molar-refractivity contribution is 5.46. The highest BCUT2D eigenvalue weighted by Crippen LogP contribution is 2.40. The summed E-state index contributed by atoms with van der Waals surface area (Å²) in [4.78, 5) is 4.13. The van der Waals surface area contributed by atoms with Crippen LogP contribution in [0.1, 0.15) is 28.5 Å². The van der Waals surface area contributed by atoms with Gasteiger partial charge in [0.2, 0.25) is 0 Å². The SMILES string of the molecule is NCc1ncc2c(c1O)COC2c1ccc(F)cc1. The quantitative estimate of drug-likeness (QED) is 0.866. The van der Waals surface area contributed by atoms with Crippen LogP contribution < -0.4 is 5.73 Å². The first-order chi connectivity index (χ1) is 9.20. The Balaban J connectivity index is 2.03. The molecule has 0 fully saturated rings. The minimum atomic E-state index is -0.319. The zero-order valence-electron chi connectivity index (χ0n) is 10.1. The van der Waals surface area contributed by atoms with Crippen LogP contribution in [-0.4, -0.2) is 10.1 Å². The number of fused-ring (bicyclic) bond motifs is 1. The summed E-state index contributed by atoms with van der Waals surface area (Å²) in [7, 11) is 0. The minimum absolute atomic E-state index is 0.101. The zero-order valence-corrected chi connectivity index (χ0v) is 10.1. The molecule has 3 N–H and O–H groups in total. The van der Waals surface area contributed by atoms with Crippen molar-refractivity contribution in [3.8, 4) is 5.75 Å². The predicted octanol–water partition coefficient (Wildman–Crippen LogP) is 2.00. The van der Waals surface area contributed by atoms with Crippen molar-refractivity contribution in [2.75, 3.05) is 0 Å². The van der Waals surface area contributed by atoms with E-state index in [9.17, 15) is 9.50 Å². The number of aromatic nitrogens is 1. The van der Waals surface area contributed by atoms with E-state index in [1.54, 1.807) is 18.3 Å². The summed E-state index contributed by atoms with van der Waals surface area (Å²) in [6.07, 6.45) is 1.35. The average Bonchev–Trinajstić information content (AvgIpc) is 2.85. The Labute approximate surface area is 109 Å². The van der Waals surface area contributed by atoms with E-state index < -0.39 is 0 Å². The van der Waals surface area contributed by atoms with Gasteiger partial charge in [-0.2, -0.15) is 0 Å². The molecular formula is C14H13FN2O2. The number of rotatable bonds is 2. The van der Waals surface area contributed by atoms with Crippen LogP contribution in [0.15, 0.2) is 30.5 Å². The van der Waals surface area contributed by atoms with E-state index in [-0.39, 0.29) is 24.2 Å². The van der Waals surface area contributed by atoms with Gasteiger partial charge in [-0.3, -0.25) is 4.98 Å². The summed E-state index contributed by atoms with van der Waals surface area (Å²) in [6.45, 7) is 0.485. The first-order valence-electron chi connectivity index (χ1n) is 5.97. The normalized spacial score (nSPS) is 17.5. The lowest BCUT2D eigenvalue weighted by molar-refractivity contribution is 0.0932. The van der Waals surface area contributed by atoms with Crippen molar-refractivity contribution in [3.05, 3.63) is 58.7 Å². The maximum absolute atomic E-state index is 12.9. The van der Waals surface area contributed by atoms with Crippen molar-refractivity contribution in [2.24, 2.45) is 5.73 Å². The van der Waals surface area contributed by atoms with Crippen molar-refractivity contribution in [1.29, 1.82) is 0 Å². The largest absolute Gasteiger partial charge is 0.506 e. The Morgan fingerprint density at radius 1 is 1.37 bits per heavy atom. The summed E-state index contributed by atoms with van der Waals surface area (Å²) >= 11 is 0. The van der Waals surface area contributed by atoms with Gasteiger partial charge in [-0.05, 0) is 17.7 Å². The third-order valence-corrected chi connectivity index (χ3v) is 3.31. The fraction of sp³-hybridized carbons (Fsp3) is 0.214. The third kappa shape index (κ3) is 1.97. The molecule has 98 valence electrons. The molecule has 19 heavy (non-hydrogen) atoms. The van der Waals surface area contributed by atoms with Crippen LogP contribution in [0.25, 0.3) is 0 Å². The fourth-order valence-corrected chi connectivity index (χ4v) is 2.29. The number of aromatic hydroxyl groups is 1. The smallest absolute Gasteiger partial charge is 0.144 e. The number of hydrogen-bond donors (Lipinski definition) is 2. The lowest BCUT2D eigenvalue weighted by Crippen LogP contribution is -2.03. The van der Waals surface area contributed by atoms with Gasteiger partial charge in [-0.15, -0.1) is 0 Å². The van der Waals surface area contributed by atoms with Crippen LogP contribution in [-0.2, 0) is 17.9 Å². The molecule has 1 atom stereocenters. The summed E-state index contributed by atoms with van der Waals surface area (Å²) < 4.78 is 18.6. The van der Waals surface area contributed by atoms with Gasteiger partial charge in [0.15, 0.2) is 0 Å². The summed E-state index contributed by atoms with van der Waals surface area (Å²) in [5, 5.41) is 10.0. The Bertz CT molecular complexity index is 614. The number of ether oxygens (including phenoxy) is 1. The Hall–Kier alpha value is -1.98. The maximum Gasteiger partial charge on any atom is 0.144 e. The molecule has 2 aromatic rings. The molecule has 1 aromatic carbocycles. The van der Waals surface area contributed by atoms with Gasteiger partial charge >= 0.3 is 0 Å².